The van der Waals surface area contributed by atoms with Crippen LogP contribution in [0.2, 0.25) is 0 Å². The minimum atomic E-state index is -0.961. The molecule has 2 unspecified atom stereocenters. The molecule has 0 heterocycles. The maximum absolute atomic E-state index is 10.3. The predicted molar refractivity (Wildman–Crippen MR) is 58.6 cm³/mol. The summed E-state index contributed by atoms with van der Waals surface area (Å²) in [5.74, 6) is 0.0758. The fourth-order valence-corrected chi connectivity index (χ4v) is 1.99. The van der Waals surface area contributed by atoms with Gasteiger partial charge in [-0.25, -0.2) is 9.59 Å². The average molecular weight is 226 g/mol. The summed E-state index contributed by atoms with van der Waals surface area (Å²) in [5.41, 5.74) is 0. The molecular formula is C12H18O4. The number of carbonyl (C=O) groups is 2. The summed E-state index contributed by atoms with van der Waals surface area (Å²) in [6.07, 6.45) is 9.19. The zero-order chi connectivity index (χ0) is 12.0. The number of rotatable bonds is 1. The summed E-state index contributed by atoms with van der Waals surface area (Å²) < 4.78 is 8.33. The van der Waals surface area contributed by atoms with Crippen LogP contribution in [0, 0.1) is 11.8 Å². The molecule has 0 spiro atoms. The first-order valence-electron chi connectivity index (χ1n) is 5.60. The molecular weight excluding hydrogens is 208 g/mol. The van der Waals surface area contributed by atoms with Crippen molar-refractivity contribution in [2.75, 3.05) is 13.7 Å². The Hall–Kier alpha value is -1.32. The number of esters is 2. The third kappa shape index (κ3) is 3.68. The van der Waals surface area contributed by atoms with Crippen LogP contribution >= 0.6 is 0 Å². The van der Waals surface area contributed by atoms with E-state index in [1.165, 1.54) is 19.3 Å². The van der Waals surface area contributed by atoms with Gasteiger partial charge in [-0.15, -0.1) is 0 Å². The summed E-state index contributed by atoms with van der Waals surface area (Å²) in [6.45, 7) is 1.80. The van der Waals surface area contributed by atoms with Gasteiger partial charge in [0, 0.05) is 0 Å². The van der Waals surface area contributed by atoms with E-state index < -0.39 is 11.9 Å². The number of carbonyl (C=O) groups excluding carboxylic acids is 2. The molecule has 1 fully saturated rings. The van der Waals surface area contributed by atoms with Crippen LogP contribution < -0.4 is 0 Å². The molecule has 2 atom stereocenters. The molecule has 0 aliphatic heterocycles. The first-order valence-corrected chi connectivity index (χ1v) is 5.60. The lowest BCUT2D eigenvalue weighted by Gasteiger charge is -1.96. The van der Waals surface area contributed by atoms with Gasteiger partial charge in [0.25, 0.3) is 0 Å². The molecule has 2 aliphatic carbocycles. The van der Waals surface area contributed by atoms with Crippen LogP contribution in [0.3, 0.4) is 0 Å². The van der Waals surface area contributed by atoms with Crippen LogP contribution in [-0.2, 0) is 19.1 Å². The monoisotopic (exact) mass is 226 g/mol. The number of hydrogen-bond acceptors (Lipinski definition) is 4. The van der Waals surface area contributed by atoms with Crippen LogP contribution in [0.1, 0.15) is 26.2 Å². The van der Waals surface area contributed by atoms with Gasteiger partial charge in [-0.2, -0.15) is 0 Å². The van der Waals surface area contributed by atoms with Gasteiger partial charge < -0.3 is 9.47 Å². The maximum atomic E-state index is 10.3. The van der Waals surface area contributed by atoms with Crippen LogP contribution in [-0.4, -0.2) is 25.7 Å². The van der Waals surface area contributed by atoms with Crippen molar-refractivity contribution in [1.29, 1.82) is 0 Å². The van der Waals surface area contributed by atoms with Gasteiger partial charge in [0.1, 0.15) is 0 Å². The Morgan fingerprint density at radius 3 is 2.00 bits per heavy atom. The lowest BCUT2D eigenvalue weighted by Crippen LogP contribution is -2.18. The highest BCUT2D eigenvalue weighted by Gasteiger charge is 2.25. The Morgan fingerprint density at radius 2 is 1.75 bits per heavy atom. The normalized spacial score (nSPS) is 24.6. The summed E-state index contributed by atoms with van der Waals surface area (Å²) in [6, 6.07) is 0. The van der Waals surface area contributed by atoms with Crippen LogP contribution in [0.5, 0.6) is 0 Å². The fraction of sp³-hybridized carbons (Fsp3) is 0.667. The Kier molecular flexibility index (Phi) is 5.02. The SMILES string of the molecule is C1=CC2CCC1C2.CCOC(=O)C(=O)OC. The summed E-state index contributed by atoms with van der Waals surface area (Å²) in [7, 11) is 1.12. The van der Waals surface area contributed by atoms with Gasteiger partial charge in [0.15, 0.2) is 0 Å². The van der Waals surface area contributed by atoms with E-state index in [1.54, 1.807) is 6.92 Å². The van der Waals surface area contributed by atoms with E-state index >= 15 is 0 Å². The summed E-state index contributed by atoms with van der Waals surface area (Å²) in [5, 5.41) is 0. The van der Waals surface area contributed by atoms with Gasteiger partial charge in [-0.1, -0.05) is 12.2 Å². The summed E-state index contributed by atoms with van der Waals surface area (Å²) >= 11 is 0. The van der Waals surface area contributed by atoms with E-state index in [1.807, 2.05) is 0 Å². The zero-order valence-electron chi connectivity index (χ0n) is 9.77. The largest absolute Gasteiger partial charge is 0.461 e. The minimum absolute atomic E-state index is 0.188. The Balaban J connectivity index is 0.000000163. The molecule has 2 bridgehead atoms. The second-order valence-electron chi connectivity index (χ2n) is 3.93. The molecule has 0 N–H and O–H groups in total. The lowest BCUT2D eigenvalue weighted by atomic mass is 10.1. The molecule has 0 aromatic rings. The smallest absolute Gasteiger partial charge is 0.417 e. The number of allylic oxidation sites excluding steroid dienone is 2. The van der Waals surface area contributed by atoms with Crippen molar-refractivity contribution in [2.45, 2.75) is 26.2 Å². The van der Waals surface area contributed by atoms with Crippen molar-refractivity contribution in [3.05, 3.63) is 12.2 Å². The van der Waals surface area contributed by atoms with Crippen molar-refractivity contribution in [1.82, 2.24) is 0 Å². The fourth-order valence-electron chi connectivity index (χ4n) is 1.99. The van der Waals surface area contributed by atoms with Gasteiger partial charge in [-0.3, -0.25) is 0 Å². The molecule has 16 heavy (non-hydrogen) atoms. The van der Waals surface area contributed by atoms with Crippen molar-refractivity contribution < 1.29 is 19.1 Å². The first-order chi connectivity index (χ1) is 7.67. The molecule has 0 saturated heterocycles. The lowest BCUT2D eigenvalue weighted by molar-refractivity contribution is -0.165. The molecule has 2 aliphatic rings. The summed E-state index contributed by atoms with van der Waals surface area (Å²) in [4.78, 5) is 20.5. The van der Waals surface area contributed by atoms with Crippen molar-refractivity contribution >= 4 is 11.9 Å². The van der Waals surface area contributed by atoms with E-state index in [0.29, 0.717) is 0 Å². The number of methoxy groups -OCH3 is 1. The average Bonchev–Trinajstić information content (AvgIpc) is 2.93. The number of hydrogen-bond donors (Lipinski definition) is 0. The van der Waals surface area contributed by atoms with Gasteiger partial charge in [0.05, 0.1) is 13.7 Å². The molecule has 0 aromatic carbocycles. The van der Waals surface area contributed by atoms with E-state index in [4.69, 9.17) is 0 Å². The molecule has 0 aromatic heterocycles. The molecule has 90 valence electrons. The third-order valence-electron chi connectivity index (χ3n) is 2.80. The van der Waals surface area contributed by atoms with Gasteiger partial charge in [-0.05, 0) is 38.0 Å². The predicted octanol–water partition coefficient (Wildman–Crippen LogP) is 1.70. The number of ether oxygens (including phenoxy) is 2. The minimum Gasteiger partial charge on any atom is -0.461 e. The first kappa shape index (κ1) is 12.7. The second kappa shape index (κ2) is 6.30. The topological polar surface area (TPSA) is 52.6 Å². The van der Waals surface area contributed by atoms with Crippen molar-refractivity contribution in [3.8, 4) is 0 Å². The molecule has 2 rings (SSSR count). The number of fused-ring (bicyclic) bond motifs is 2. The highest BCUT2D eigenvalue weighted by molar-refractivity contribution is 6.29. The van der Waals surface area contributed by atoms with Crippen LogP contribution in [0.25, 0.3) is 0 Å². The van der Waals surface area contributed by atoms with Crippen LogP contribution in [0.4, 0.5) is 0 Å². The molecule has 0 amide bonds. The molecule has 0 radical (unpaired) electrons. The molecule has 4 heteroatoms. The van der Waals surface area contributed by atoms with Gasteiger partial charge in [0.2, 0.25) is 0 Å². The second-order valence-corrected chi connectivity index (χ2v) is 3.93. The van der Waals surface area contributed by atoms with Crippen molar-refractivity contribution in [2.24, 2.45) is 11.8 Å². The van der Waals surface area contributed by atoms with E-state index in [9.17, 15) is 9.59 Å². The van der Waals surface area contributed by atoms with E-state index in [-0.39, 0.29) is 6.61 Å². The van der Waals surface area contributed by atoms with Crippen LogP contribution in [0.15, 0.2) is 12.2 Å². The maximum Gasteiger partial charge on any atom is 0.417 e. The highest BCUT2D eigenvalue weighted by atomic mass is 16.6. The Labute approximate surface area is 95.6 Å². The highest BCUT2D eigenvalue weighted by Crippen LogP contribution is 2.38. The van der Waals surface area contributed by atoms with E-state index in [0.717, 1.165) is 18.9 Å². The Bertz CT molecular complexity index is 271. The third-order valence-corrected chi connectivity index (χ3v) is 2.80. The quantitative estimate of drug-likeness (QED) is 0.388. The Morgan fingerprint density at radius 1 is 1.19 bits per heavy atom. The standard InChI is InChI=1S/C7H10.C5H8O4/c1-2-7-4-3-6(1)5-7;1-3-9-5(7)4(6)8-2/h1-2,6-7H,3-5H2;3H2,1-2H3. The zero-order valence-corrected chi connectivity index (χ0v) is 9.77. The molecule has 1 saturated carbocycles. The molecule has 4 nitrogen and oxygen atoms in total. The van der Waals surface area contributed by atoms with E-state index in [2.05, 4.69) is 21.6 Å². The van der Waals surface area contributed by atoms with Crippen molar-refractivity contribution in [3.63, 3.8) is 0 Å². The van der Waals surface area contributed by atoms with Gasteiger partial charge >= 0.3 is 11.9 Å².